The summed E-state index contributed by atoms with van der Waals surface area (Å²) in [7, 11) is 1.72. The molecular weight excluding hydrogens is 314 g/mol. The molecule has 1 aliphatic carbocycles. The zero-order valence-electron chi connectivity index (χ0n) is 13.5. The van der Waals surface area contributed by atoms with Gasteiger partial charge in [0.1, 0.15) is 5.82 Å². The fourth-order valence-corrected chi connectivity index (χ4v) is 2.95. The molecule has 0 saturated heterocycles. The van der Waals surface area contributed by atoms with Crippen molar-refractivity contribution in [2.45, 2.75) is 31.4 Å². The van der Waals surface area contributed by atoms with Gasteiger partial charge in [-0.05, 0) is 18.4 Å². The Hall–Kier alpha value is -2.44. The molecule has 1 fully saturated rings. The molecule has 1 N–H and O–H groups in total. The summed E-state index contributed by atoms with van der Waals surface area (Å²) < 4.78 is 26.3. The van der Waals surface area contributed by atoms with Gasteiger partial charge in [0, 0.05) is 31.4 Å². The van der Waals surface area contributed by atoms with Gasteiger partial charge in [-0.1, -0.05) is 30.3 Å². The molecule has 1 aromatic heterocycles. The zero-order chi connectivity index (χ0) is 17.2. The van der Waals surface area contributed by atoms with Crippen molar-refractivity contribution in [3.8, 4) is 0 Å². The second kappa shape index (κ2) is 6.59. The summed E-state index contributed by atoms with van der Waals surface area (Å²) in [5.41, 5.74) is 1.26. The first-order chi connectivity index (χ1) is 11.5. The van der Waals surface area contributed by atoms with Gasteiger partial charge in [-0.3, -0.25) is 4.57 Å². The SMILES string of the molecule is CN(CC1(c2ccccc2)CC1)C(=O)NCc1nccn1C(F)F. The van der Waals surface area contributed by atoms with Gasteiger partial charge in [-0.15, -0.1) is 0 Å². The molecule has 24 heavy (non-hydrogen) atoms. The second-order valence-electron chi connectivity index (χ2n) is 6.19. The lowest BCUT2D eigenvalue weighted by Crippen LogP contribution is -2.41. The smallest absolute Gasteiger partial charge is 0.319 e. The first-order valence-corrected chi connectivity index (χ1v) is 7.86. The van der Waals surface area contributed by atoms with E-state index in [2.05, 4.69) is 22.4 Å². The predicted molar refractivity (Wildman–Crippen MR) is 85.7 cm³/mol. The van der Waals surface area contributed by atoms with Gasteiger partial charge in [-0.2, -0.15) is 8.78 Å². The maximum Gasteiger partial charge on any atom is 0.319 e. The van der Waals surface area contributed by atoms with Gasteiger partial charge in [0.25, 0.3) is 0 Å². The van der Waals surface area contributed by atoms with E-state index in [4.69, 9.17) is 0 Å². The van der Waals surface area contributed by atoms with Crippen LogP contribution >= 0.6 is 0 Å². The topological polar surface area (TPSA) is 50.2 Å². The minimum absolute atomic E-state index is 0.0226. The summed E-state index contributed by atoms with van der Waals surface area (Å²) in [6, 6.07) is 9.84. The van der Waals surface area contributed by atoms with Crippen molar-refractivity contribution in [2.75, 3.05) is 13.6 Å². The average molecular weight is 334 g/mol. The van der Waals surface area contributed by atoms with Crippen molar-refractivity contribution in [2.24, 2.45) is 0 Å². The molecule has 0 bridgehead atoms. The quantitative estimate of drug-likeness (QED) is 0.882. The van der Waals surface area contributed by atoms with Crippen molar-refractivity contribution in [1.82, 2.24) is 19.8 Å². The molecule has 2 aromatic rings. The fourth-order valence-electron chi connectivity index (χ4n) is 2.95. The van der Waals surface area contributed by atoms with Gasteiger partial charge in [0.15, 0.2) is 0 Å². The van der Waals surface area contributed by atoms with Crippen LogP contribution in [0.2, 0.25) is 0 Å². The number of likely N-dealkylation sites (N-methyl/N-ethyl adjacent to an activating group) is 1. The molecule has 0 spiro atoms. The average Bonchev–Trinajstić information content (AvgIpc) is 3.20. The number of hydrogen-bond donors (Lipinski definition) is 1. The number of carbonyl (C=O) groups is 1. The number of halogens is 2. The van der Waals surface area contributed by atoms with E-state index < -0.39 is 6.55 Å². The van der Waals surface area contributed by atoms with Crippen molar-refractivity contribution >= 4 is 6.03 Å². The first-order valence-electron chi connectivity index (χ1n) is 7.86. The van der Waals surface area contributed by atoms with Crippen molar-refractivity contribution in [1.29, 1.82) is 0 Å². The van der Waals surface area contributed by atoms with Gasteiger partial charge in [-0.25, -0.2) is 9.78 Å². The van der Waals surface area contributed by atoms with Crippen LogP contribution in [0.5, 0.6) is 0 Å². The molecule has 0 unspecified atom stereocenters. The van der Waals surface area contributed by atoms with E-state index in [0.717, 1.165) is 17.4 Å². The number of carbonyl (C=O) groups excluding carboxylic acids is 1. The molecule has 1 saturated carbocycles. The van der Waals surface area contributed by atoms with Crippen LogP contribution in [0, 0.1) is 0 Å². The second-order valence-corrected chi connectivity index (χ2v) is 6.19. The number of imidazole rings is 1. The standard InChI is InChI=1S/C17H20F2N4O/c1-22(12-17(7-8-17)13-5-3-2-4-6-13)16(24)21-11-14-20-9-10-23(14)15(18)19/h2-6,9-10,15H,7-8,11-12H2,1H3,(H,21,24). The summed E-state index contributed by atoms with van der Waals surface area (Å²) in [5.74, 6) is 0.135. The minimum Gasteiger partial charge on any atom is -0.331 e. The van der Waals surface area contributed by atoms with E-state index in [-0.39, 0.29) is 23.8 Å². The molecule has 1 heterocycles. The number of alkyl halides is 2. The van der Waals surface area contributed by atoms with Crippen molar-refractivity contribution in [3.63, 3.8) is 0 Å². The van der Waals surface area contributed by atoms with Gasteiger partial charge < -0.3 is 10.2 Å². The summed E-state index contributed by atoms with van der Waals surface area (Å²) >= 11 is 0. The maximum absolute atomic E-state index is 12.8. The normalized spacial score (nSPS) is 15.3. The Morgan fingerprint density at radius 1 is 1.38 bits per heavy atom. The maximum atomic E-state index is 12.8. The highest BCUT2D eigenvalue weighted by molar-refractivity contribution is 5.74. The summed E-state index contributed by atoms with van der Waals surface area (Å²) in [4.78, 5) is 17.7. The molecule has 3 rings (SSSR count). The zero-order valence-corrected chi connectivity index (χ0v) is 13.5. The summed E-state index contributed by atoms with van der Waals surface area (Å²) in [6.07, 6.45) is 4.59. The van der Waals surface area contributed by atoms with E-state index in [1.54, 1.807) is 11.9 Å². The number of rotatable bonds is 6. The lowest BCUT2D eigenvalue weighted by Gasteiger charge is -2.24. The third kappa shape index (κ3) is 3.39. The lowest BCUT2D eigenvalue weighted by atomic mass is 9.95. The van der Waals surface area contributed by atoms with Crippen LogP contribution in [0.25, 0.3) is 0 Å². The number of aromatic nitrogens is 2. The van der Waals surface area contributed by atoms with E-state index in [0.29, 0.717) is 6.54 Å². The number of benzene rings is 1. The third-order valence-corrected chi connectivity index (χ3v) is 4.48. The third-order valence-electron chi connectivity index (χ3n) is 4.48. The van der Waals surface area contributed by atoms with E-state index >= 15 is 0 Å². The number of nitrogens with zero attached hydrogens (tertiary/aromatic N) is 3. The number of hydrogen-bond acceptors (Lipinski definition) is 2. The molecule has 0 atom stereocenters. The Morgan fingerprint density at radius 2 is 2.08 bits per heavy atom. The van der Waals surface area contributed by atoms with Crippen LogP contribution in [0.4, 0.5) is 13.6 Å². The van der Waals surface area contributed by atoms with Crippen molar-refractivity contribution in [3.05, 3.63) is 54.1 Å². The van der Waals surface area contributed by atoms with E-state index in [1.165, 1.54) is 18.0 Å². The first kappa shape index (κ1) is 16.4. The van der Waals surface area contributed by atoms with Gasteiger partial charge in [0.05, 0.1) is 6.54 Å². The fraction of sp³-hybridized carbons (Fsp3) is 0.412. The Kier molecular flexibility index (Phi) is 4.51. The Morgan fingerprint density at radius 3 is 2.71 bits per heavy atom. The van der Waals surface area contributed by atoms with E-state index in [9.17, 15) is 13.6 Å². The van der Waals surface area contributed by atoms with Crippen LogP contribution in [-0.4, -0.2) is 34.1 Å². The molecule has 5 nitrogen and oxygen atoms in total. The van der Waals surface area contributed by atoms with Crippen LogP contribution in [0.3, 0.4) is 0 Å². The summed E-state index contributed by atoms with van der Waals surface area (Å²) in [5, 5.41) is 2.65. The summed E-state index contributed by atoms with van der Waals surface area (Å²) in [6.45, 7) is -2.09. The molecule has 0 aliphatic heterocycles. The molecule has 7 heteroatoms. The Labute approximate surface area is 139 Å². The minimum atomic E-state index is -2.66. The monoisotopic (exact) mass is 334 g/mol. The number of amides is 2. The lowest BCUT2D eigenvalue weighted by molar-refractivity contribution is 0.0666. The van der Waals surface area contributed by atoms with E-state index in [1.807, 2.05) is 18.2 Å². The molecular formula is C17H20F2N4O. The molecule has 128 valence electrons. The highest BCUT2D eigenvalue weighted by Gasteiger charge is 2.45. The molecule has 1 aromatic carbocycles. The Bertz CT molecular complexity index is 698. The van der Waals surface area contributed by atoms with Gasteiger partial charge in [0.2, 0.25) is 0 Å². The Balaban J connectivity index is 1.57. The van der Waals surface area contributed by atoms with Crippen LogP contribution in [0.15, 0.2) is 42.7 Å². The molecule has 2 amide bonds. The highest BCUT2D eigenvalue weighted by Crippen LogP contribution is 2.48. The molecule has 1 aliphatic rings. The predicted octanol–water partition coefficient (Wildman–Crippen LogP) is 3.15. The van der Waals surface area contributed by atoms with Crippen LogP contribution < -0.4 is 5.32 Å². The number of nitrogens with one attached hydrogen (secondary N) is 1. The molecule has 0 radical (unpaired) electrons. The van der Waals surface area contributed by atoms with Crippen LogP contribution in [-0.2, 0) is 12.0 Å². The van der Waals surface area contributed by atoms with Crippen LogP contribution in [0.1, 0.15) is 30.8 Å². The van der Waals surface area contributed by atoms with Gasteiger partial charge >= 0.3 is 12.6 Å². The van der Waals surface area contributed by atoms with Crippen molar-refractivity contribution < 1.29 is 13.6 Å². The highest BCUT2D eigenvalue weighted by atomic mass is 19.3. The number of urea groups is 1. The largest absolute Gasteiger partial charge is 0.331 e.